The zero-order valence-corrected chi connectivity index (χ0v) is 19.2. The second kappa shape index (κ2) is 11.7. The van der Waals surface area contributed by atoms with Gasteiger partial charge in [0.15, 0.2) is 11.5 Å². The Morgan fingerprint density at radius 3 is 2.41 bits per heavy atom. The first-order valence-corrected chi connectivity index (χ1v) is 10.6. The molecule has 0 radical (unpaired) electrons. The molecular weight excluding hydrogens is 434 g/mol. The smallest absolute Gasteiger partial charge is 0.220 e. The summed E-state index contributed by atoms with van der Waals surface area (Å²) < 4.78 is 17.3. The van der Waals surface area contributed by atoms with Gasteiger partial charge in [0.05, 0.1) is 25.3 Å². The Kier molecular flexibility index (Phi) is 9.32. The highest BCUT2D eigenvalue weighted by molar-refractivity contribution is 9.10. The van der Waals surface area contributed by atoms with E-state index in [1.807, 2.05) is 24.3 Å². The van der Waals surface area contributed by atoms with Crippen molar-refractivity contribution in [2.45, 2.75) is 39.0 Å². The van der Waals surface area contributed by atoms with Crippen molar-refractivity contribution in [3.63, 3.8) is 0 Å². The predicted molar refractivity (Wildman–Crippen MR) is 119 cm³/mol. The molecule has 0 saturated carbocycles. The molecule has 0 bridgehead atoms. The van der Waals surface area contributed by atoms with Crippen LogP contribution in [0, 0.1) is 0 Å². The summed E-state index contributed by atoms with van der Waals surface area (Å²) in [6.45, 7) is 5.40. The van der Waals surface area contributed by atoms with Crippen LogP contribution in [0.2, 0.25) is 0 Å². The number of benzene rings is 2. The largest absolute Gasteiger partial charge is 0.493 e. The molecule has 158 valence electrons. The van der Waals surface area contributed by atoms with Gasteiger partial charge in [-0.05, 0) is 70.1 Å². The molecule has 1 N–H and O–H groups in total. The molecule has 5 nitrogen and oxygen atoms in total. The van der Waals surface area contributed by atoms with Crippen LogP contribution >= 0.6 is 15.9 Å². The number of halogens is 1. The minimum atomic E-state index is 0.0308. The minimum Gasteiger partial charge on any atom is -0.493 e. The van der Waals surface area contributed by atoms with Crippen LogP contribution in [0.1, 0.15) is 43.7 Å². The SMILES string of the molecule is COc1ccc(CCNC(=O)CCCOc2ccc(C(C)C)cc2Br)cc1OC. The molecule has 0 unspecified atom stereocenters. The van der Waals surface area contributed by atoms with E-state index in [-0.39, 0.29) is 5.91 Å². The van der Waals surface area contributed by atoms with Gasteiger partial charge in [0.25, 0.3) is 0 Å². The molecule has 0 aliphatic heterocycles. The van der Waals surface area contributed by atoms with Gasteiger partial charge < -0.3 is 19.5 Å². The first kappa shape index (κ1) is 23.1. The summed E-state index contributed by atoms with van der Waals surface area (Å²) in [5.41, 5.74) is 2.35. The van der Waals surface area contributed by atoms with E-state index in [1.165, 1.54) is 5.56 Å². The minimum absolute atomic E-state index is 0.0308. The van der Waals surface area contributed by atoms with Crippen LogP contribution in [-0.2, 0) is 11.2 Å². The highest BCUT2D eigenvalue weighted by Gasteiger charge is 2.07. The number of carbonyl (C=O) groups excluding carboxylic acids is 1. The van der Waals surface area contributed by atoms with E-state index >= 15 is 0 Å². The lowest BCUT2D eigenvalue weighted by Gasteiger charge is -2.12. The average Bonchev–Trinajstić information content (AvgIpc) is 2.71. The van der Waals surface area contributed by atoms with E-state index in [0.29, 0.717) is 43.4 Å². The third kappa shape index (κ3) is 7.28. The Hall–Kier alpha value is -2.21. The van der Waals surface area contributed by atoms with Gasteiger partial charge >= 0.3 is 0 Å². The molecular formula is C23H30BrNO4. The summed E-state index contributed by atoms with van der Waals surface area (Å²) in [6.07, 6.45) is 1.84. The van der Waals surface area contributed by atoms with Gasteiger partial charge in [-0.3, -0.25) is 4.79 Å². The van der Waals surface area contributed by atoms with Crippen molar-refractivity contribution in [2.24, 2.45) is 0 Å². The van der Waals surface area contributed by atoms with Crippen LogP contribution in [0.3, 0.4) is 0 Å². The summed E-state index contributed by atoms with van der Waals surface area (Å²) in [6, 6.07) is 11.9. The number of rotatable bonds is 11. The molecule has 0 saturated heterocycles. The Morgan fingerprint density at radius 1 is 1.03 bits per heavy atom. The molecule has 0 aliphatic rings. The van der Waals surface area contributed by atoms with Gasteiger partial charge in [-0.15, -0.1) is 0 Å². The molecule has 0 aromatic heterocycles. The summed E-state index contributed by atoms with van der Waals surface area (Å²) in [4.78, 5) is 12.0. The first-order valence-electron chi connectivity index (χ1n) is 9.84. The molecule has 0 fully saturated rings. The van der Waals surface area contributed by atoms with Gasteiger partial charge in [-0.2, -0.15) is 0 Å². The fourth-order valence-electron chi connectivity index (χ4n) is 2.88. The highest BCUT2D eigenvalue weighted by Crippen LogP contribution is 2.29. The Bertz CT molecular complexity index is 807. The van der Waals surface area contributed by atoms with Gasteiger partial charge in [0.2, 0.25) is 5.91 Å². The quantitative estimate of drug-likeness (QED) is 0.470. The van der Waals surface area contributed by atoms with Gasteiger partial charge in [-0.1, -0.05) is 26.0 Å². The van der Waals surface area contributed by atoms with E-state index in [1.54, 1.807) is 14.2 Å². The lowest BCUT2D eigenvalue weighted by atomic mass is 10.0. The van der Waals surface area contributed by atoms with E-state index in [9.17, 15) is 4.79 Å². The topological polar surface area (TPSA) is 56.8 Å². The van der Waals surface area contributed by atoms with E-state index in [0.717, 1.165) is 22.2 Å². The van der Waals surface area contributed by atoms with Crippen molar-refractivity contribution < 1.29 is 19.0 Å². The average molecular weight is 464 g/mol. The molecule has 0 aliphatic carbocycles. The van der Waals surface area contributed by atoms with Crippen LogP contribution in [0.5, 0.6) is 17.2 Å². The second-order valence-corrected chi connectivity index (χ2v) is 7.94. The Balaban J connectivity index is 1.68. The monoisotopic (exact) mass is 463 g/mol. The van der Waals surface area contributed by atoms with Crippen molar-refractivity contribution >= 4 is 21.8 Å². The van der Waals surface area contributed by atoms with E-state index in [4.69, 9.17) is 14.2 Å². The van der Waals surface area contributed by atoms with Crippen molar-refractivity contribution in [2.75, 3.05) is 27.4 Å². The molecule has 2 rings (SSSR count). The third-order valence-electron chi connectivity index (χ3n) is 4.61. The molecule has 0 spiro atoms. The summed E-state index contributed by atoms with van der Waals surface area (Å²) >= 11 is 3.55. The van der Waals surface area contributed by atoms with Crippen LogP contribution in [-0.4, -0.2) is 33.3 Å². The predicted octanol–water partition coefficient (Wildman–Crippen LogP) is 5.11. The van der Waals surface area contributed by atoms with E-state index in [2.05, 4.69) is 47.2 Å². The van der Waals surface area contributed by atoms with Crippen LogP contribution < -0.4 is 19.5 Å². The zero-order chi connectivity index (χ0) is 21.2. The van der Waals surface area contributed by atoms with Crippen LogP contribution in [0.4, 0.5) is 0 Å². The molecule has 0 heterocycles. The maximum atomic E-state index is 12.0. The number of nitrogens with one attached hydrogen (secondary N) is 1. The Morgan fingerprint density at radius 2 is 1.76 bits per heavy atom. The van der Waals surface area contributed by atoms with Crippen LogP contribution in [0.15, 0.2) is 40.9 Å². The van der Waals surface area contributed by atoms with Gasteiger partial charge in [-0.25, -0.2) is 0 Å². The zero-order valence-electron chi connectivity index (χ0n) is 17.6. The van der Waals surface area contributed by atoms with Crippen molar-refractivity contribution in [1.29, 1.82) is 0 Å². The maximum Gasteiger partial charge on any atom is 0.220 e. The van der Waals surface area contributed by atoms with Gasteiger partial charge in [0.1, 0.15) is 5.75 Å². The van der Waals surface area contributed by atoms with Crippen molar-refractivity contribution in [3.05, 3.63) is 52.0 Å². The van der Waals surface area contributed by atoms with Crippen molar-refractivity contribution in [1.82, 2.24) is 5.32 Å². The lowest BCUT2D eigenvalue weighted by molar-refractivity contribution is -0.121. The second-order valence-electron chi connectivity index (χ2n) is 7.09. The molecule has 0 atom stereocenters. The molecule has 6 heteroatoms. The van der Waals surface area contributed by atoms with E-state index < -0.39 is 0 Å². The number of methoxy groups -OCH3 is 2. The number of hydrogen-bond acceptors (Lipinski definition) is 4. The van der Waals surface area contributed by atoms with Crippen LogP contribution in [0.25, 0.3) is 0 Å². The fraction of sp³-hybridized carbons (Fsp3) is 0.435. The summed E-state index contributed by atoms with van der Waals surface area (Å²) in [5, 5.41) is 2.95. The first-order chi connectivity index (χ1) is 13.9. The number of hydrogen-bond donors (Lipinski definition) is 1. The third-order valence-corrected chi connectivity index (χ3v) is 5.23. The molecule has 2 aromatic carbocycles. The standard InChI is InChI=1S/C23H30BrNO4/c1-16(2)18-8-10-20(19(24)15-18)29-13-5-6-23(26)25-12-11-17-7-9-21(27-3)22(14-17)28-4/h7-10,14-16H,5-6,11-13H2,1-4H3,(H,25,26). The van der Waals surface area contributed by atoms with Crippen molar-refractivity contribution in [3.8, 4) is 17.2 Å². The lowest BCUT2D eigenvalue weighted by Crippen LogP contribution is -2.25. The summed E-state index contributed by atoms with van der Waals surface area (Å²) in [5.74, 6) is 2.71. The van der Waals surface area contributed by atoms with Gasteiger partial charge in [0, 0.05) is 13.0 Å². The molecule has 29 heavy (non-hydrogen) atoms. The molecule has 2 aromatic rings. The number of ether oxygens (including phenoxy) is 3. The molecule has 1 amide bonds. The fourth-order valence-corrected chi connectivity index (χ4v) is 3.39. The number of carbonyl (C=O) groups is 1. The summed E-state index contributed by atoms with van der Waals surface area (Å²) in [7, 11) is 3.23. The number of amides is 1. The maximum absolute atomic E-state index is 12.0. The normalized spacial score (nSPS) is 10.7. The highest BCUT2D eigenvalue weighted by atomic mass is 79.9. The Labute approximate surface area is 181 Å².